The molecule has 0 heterocycles. The lowest BCUT2D eigenvalue weighted by atomic mass is 9.90. The van der Waals surface area contributed by atoms with Gasteiger partial charge in [-0.2, -0.15) is 0 Å². The molecule has 3 heteroatoms. The Kier molecular flexibility index (Phi) is 11.9. The molecule has 1 atom stereocenters. The Morgan fingerprint density at radius 2 is 1.30 bits per heavy atom. The molecule has 184 valence electrons. The second-order valence-electron chi connectivity index (χ2n) is 9.58. The van der Waals surface area contributed by atoms with Crippen molar-refractivity contribution in [3.8, 4) is 0 Å². The summed E-state index contributed by atoms with van der Waals surface area (Å²) in [5.74, 6) is 0.121. The highest BCUT2D eigenvalue weighted by atomic mass is 16.3. The van der Waals surface area contributed by atoms with Crippen molar-refractivity contribution in [1.29, 1.82) is 0 Å². The Bertz CT molecular complexity index is 818. The van der Waals surface area contributed by atoms with Crippen LogP contribution in [0.5, 0.6) is 0 Å². The Morgan fingerprint density at radius 1 is 0.758 bits per heavy atom. The van der Waals surface area contributed by atoms with E-state index in [1.54, 1.807) is 0 Å². The van der Waals surface area contributed by atoms with E-state index in [9.17, 15) is 9.90 Å². The van der Waals surface area contributed by atoms with Gasteiger partial charge in [-0.1, -0.05) is 110 Å². The molecule has 0 fully saturated rings. The zero-order valence-electron chi connectivity index (χ0n) is 21.8. The number of nitrogens with zero attached hydrogens (tertiary/aromatic N) is 1. The van der Waals surface area contributed by atoms with Crippen LogP contribution in [0.1, 0.15) is 127 Å². The van der Waals surface area contributed by atoms with Gasteiger partial charge in [0.1, 0.15) is 0 Å². The predicted octanol–water partition coefficient (Wildman–Crippen LogP) is 8.44. The van der Waals surface area contributed by atoms with E-state index in [2.05, 4.69) is 57.7 Å². The molecule has 2 aromatic rings. The van der Waals surface area contributed by atoms with Crippen LogP contribution in [0.15, 0.2) is 36.4 Å². The van der Waals surface area contributed by atoms with Crippen molar-refractivity contribution in [3.63, 3.8) is 0 Å². The second-order valence-corrected chi connectivity index (χ2v) is 9.58. The number of amides is 1. The molecule has 0 aliphatic heterocycles. The molecule has 0 saturated heterocycles. The van der Waals surface area contributed by atoms with Gasteiger partial charge < -0.3 is 10.0 Å². The Balaban J connectivity index is 2.69. The molecule has 1 unspecified atom stereocenters. The summed E-state index contributed by atoms with van der Waals surface area (Å²) in [6.07, 6.45) is 10.5. The Hall–Kier alpha value is -1.87. The molecule has 33 heavy (non-hydrogen) atoms. The van der Waals surface area contributed by atoms with E-state index >= 15 is 0 Å². The molecule has 1 N–H and O–H groups in total. The minimum absolute atomic E-state index is 0.121. The molecule has 0 radical (unpaired) electrons. The van der Waals surface area contributed by atoms with Gasteiger partial charge in [0.15, 0.2) is 0 Å². The van der Waals surface area contributed by atoms with Crippen molar-refractivity contribution in [2.45, 2.75) is 123 Å². The van der Waals surface area contributed by atoms with Crippen LogP contribution in [0.3, 0.4) is 0 Å². The van der Waals surface area contributed by atoms with Gasteiger partial charge in [-0.05, 0) is 48.4 Å². The number of aliphatic hydroxyl groups is 1. The number of hydrogen-bond donors (Lipinski definition) is 1. The molecule has 1 amide bonds. The van der Waals surface area contributed by atoms with E-state index < -0.39 is 6.10 Å². The summed E-state index contributed by atoms with van der Waals surface area (Å²) in [5.41, 5.74) is 1.53. The summed E-state index contributed by atoms with van der Waals surface area (Å²) >= 11 is 0. The van der Waals surface area contributed by atoms with Crippen LogP contribution >= 0.6 is 0 Å². The van der Waals surface area contributed by atoms with Crippen molar-refractivity contribution in [2.24, 2.45) is 0 Å². The van der Waals surface area contributed by atoms with Crippen molar-refractivity contribution < 1.29 is 9.90 Å². The molecular weight excluding hydrogens is 406 g/mol. The topological polar surface area (TPSA) is 40.5 Å². The van der Waals surface area contributed by atoms with Gasteiger partial charge in [-0.15, -0.1) is 0 Å². The van der Waals surface area contributed by atoms with Gasteiger partial charge in [-0.25, -0.2) is 0 Å². The highest BCUT2D eigenvalue weighted by Crippen LogP contribution is 2.33. The van der Waals surface area contributed by atoms with E-state index in [1.165, 1.54) is 0 Å². The van der Waals surface area contributed by atoms with Crippen molar-refractivity contribution in [1.82, 2.24) is 4.90 Å². The van der Waals surface area contributed by atoms with Gasteiger partial charge >= 0.3 is 0 Å². The molecule has 0 aromatic heterocycles. The van der Waals surface area contributed by atoms with E-state index in [4.69, 9.17) is 0 Å². The largest absolute Gasteiger partial charge is 0.388 e. The van der Waals surface area contributed by atoms with Gasteiger partial charge in [0.25, 0.3) is 5.91 Å². The average molecular weight is 454 g/mol. The summed E-state index contributed by atoms with van der Waals surface area (Å²) in [7, 11) is 0. The van der Waals surface area contributed by atoms with Crippen molar-refractivity contribution >= 4 is 16.7 Å². The molecule has 0 spiro atoms. The minimum atomic E-state index is -0.609. The number of carbonyl (C=O) groups is 1. The Morgan fingerprint density at radius 3 is 1.82 bits per heavy atom. The quantitative estimate of drug-likeness (QED) is 0.294. The van der Waals surface area contributed by atoms with Crippen LogP contribution in [0.4, 0.5) is 0 Å². The van der Waals surface area contributed by atoms with Crippen molar-refractivity contribution in [2.75, 3.05) is 0 Å². The van der Waals surface area contributed by atoms with Gasteiger partial charge in [-0.3, -0.25) is 4.79 Å². The normalized spacial score (nSPS) is 12.6. The number of carbonyl (C=O) groups excluding carboxylic acids is 1. The highest BCUT2D eigenvalue weighted by molar-refractivity contribution is 6.08. The maximum Gasteiger partial charge on any atom is 0.255 e. The number of fused-ring (bicyclic) bond motifs is 1. The first-order valence-corrected chi connectivity index (χ1v) is 13.6. The monoisotopic (exact) mass is 453 g/mol. The third-order valence-electron chi connectivity index (χ3n) is 6.87. The fourth-order valence-electron chi connectivity index (χ4n) is 5.29. The molecular formula is C30H47NO2. The van der Waals surface area contributed by atoms with E-state index in [0.29, 0.717) is 6.42 Å². The second kappa shape index (κ2) is 14.4. The van der Waals surface area contributed by atoms with Gasteiger partial charge in [0, 0.05) is 12.1 Å². The summed E-state index contributed by atoms with van der Waals surface area (Å²) in [4.78, 5) is 16.8. The Labute approximate surface area is 202 Å². The molecule has 0 aliphatic carbocycles. The van der Waals surface area contributed by atoms with Crippen LogP contribution in [-0.4, -0.2) is 28.0 Å². The summed E-state index contributed by atoms with van der Waals surface area (Å²) in [6, 6.07) is 12.7. The lowest BCUT2D eigenvalue weighted by Crippen LogP contribution is -2.47. The van der Waals surface area contributed by atoms with Crippen LogP contribution < -0.4 is 0 Å². The van der Waals surface area contributed by atoms with Crippen molar-refractivity contribution in [3.05, 3.63) is 47.5 Å². The average Bonchev–Trinajstić information content (AvgIpc) is 2.82. The van der Waals surface area contributed by atoms with E-state index in [-0.39, 0.29) is 18.0 Å². The van der Waals surface area contributed by atoms with E-state index in [0.717, 1.165) is 86.1 Å². The number of unbranched alkanes of at least 4 members (excludes halogenated alkanes) is 1. The lowest BCUT2D eigenvalue weighted by molar-refractivity contribution is 0.0505. The molecule has 0 saturated carbocycles. The standard InChI is InChI=1S/C30H47NO2/c1-6-11-20-28(32)27-22-21-23-18-12-13-19-26(23)29(27)30(33)31(24(14-7-2)15-8-3)25(16-9-4)17-10-5/h12-13,18-19,21-22,24-25,28,32H,6-11,14-17,20H2,1-5H3. The van der Waals surface area contributed by atoms with Crippen LogP contribution in [0.2, 0.25) is 0 Å². The first-order valence-electron chi connectivity index (χ1n) is 13.6. The summed E-state index contributed by atoms with van der Waals surface area (Å²) in [5, 5.41) is 13.2. The molecule has 2 rings (SSSR count). The third-order valence-corrected chi connectivity index (χ3v) is 6.87. The minimum Gasteiger partial charge on any atom is -0.388 e. The van der Waals surface area contributed by atoms with Gasteiger partial charge in [0.2, 0.25) is 0 Å². The molecule has 3 nitrogen and oxygen atoms in total. The maximum atomic E-state index is 14.6. The first kappa shape index (κ1) is 27.4. The smallest absolute Gasteiger partial charge is 0.255 e. The van der Waals surface area contributed by atoms with Gasteiger partial charge in [0.05, 0.1) is 11.7 Å². The SMILES string of the molecule is CCCCC(O)c1ccc2ccccc2c1C(=O)N(C(CCC)CCC)C(CCC)CCC. The summed E-state index contributed by atoms with van der Waals surface area (Å²) < 4.78 is 0. The highest BCUT2D eigenvalue weighted by Gasteiger charge is 2.33. The molecule has 2 aromatic carbocycles. The third kappa shape index (κ3) is 7.06. The van der Waals surface area contributed by atoms with Crippen LogP contribution in [0, 0.1) is 0 Å². The van der Waals surface area contributed by atoms with Crippen LogP contribution in [-0.2, 0) is 0 Å². The fraction of sp³-hybridized carbons (Fsp3) is 0.633. The number of hydrogen-bond acceptors (Lipinski definition) is 2. The number of benzene rings is 2. The lowest BCUT2D eigenvalue weighted by Gasteiger charge is -2.39. The predicted molar refractivity (Wildman–Crippen MR) is 142 cm³/mol. The van der Waals surface area contributed by atoms with Crippen LogP contribution in [0.25, 0.3) is 10.8 Å². The number of rotatable bonds is 15. The first-order chi connectivity index (χ1) is 16.0. The molecule has 0 aliphatic rings. The van der Waals surface area contributed by atoms with E-state index in [1.807, 2.05) is 18.2 Å². The maximum absolute atomic E-state index is 14.6. The fourth-order valence-corrected chi connectivity index (χ4v) is 5.29. The molecule has 0 bridgehead atoms. The zero-order valence-corrected chi connectivity index (χ0v) is 21.8. The zero-order chi connectivity index (χ0) is 24.2. The summed E-state index contributed by atoms with van der Waals surface area (Å²) in [6.45, 7) is 11.0. The number of aliphatic hydroxyl groups excluding tert-OH is 1.